The largest absolute Gasteiger partial charge is 0.311 e. The van der Waals surface area contributed by atoms with E-state index in [-0.39, 0.29) is 6.04 Å². The first-order valence-electron chi connectivity index (χ1n) is 5.88. The molecule has 1 atom stereocenters. The predicted molar refractivity (Wildman–Crippen MR) is 75.4 cm³/mol. The molecule has 1 N–H and O–H groups in total. The van der Waals surface area contributed by atoms with Crippen molar-refractivity contribution < 1.29 is 0 Å². The maximum absolute atomic E-state index is 4.44. The fourth-order valence-corrected chi connectivity index (χ4v) is 2.25. The van der Waals surface area contributed by atoms with Crippen molar-refractivity contribution in [3.05, 3.63) is 46.0 Å². The summed E-state index contributed by atoms with van der Waals surface area (Å²) in [6.07, 6.45) is 2.70. The third kappa shape index (κ3) is 2.97. The summed E-state index contributed by atoms with van der Waals surface area (Å²) >= 11 is 3.40. The number of aromatic nitrogens is 3. The number of nitrogens with one attached hydrogen (secondary N) is 1. The number of pyridine rings is 1. The second kappa shape index (κ2) is 5.63. The molecule has 2 aromatic heterocycles. The number of aryl methyl sites for hydroxylation is 2. The molecule has 0 saturated heterocycles. The molecule has 18 heavy (non-hydrogen) atoms. The van der Waals surface area contributed by atoms with E-state index in [9.17, 15) is 0 Å². The maximum atomic E-state index is 4.44. The summed E-state index contributed by atoms with van der Waals surface area (Å²) in [5, 5.41) is 7.67. The van der Waals surface area contributed by atoms with Crippen LogP contribution in [0.5, 0.6) is 0 Å². The van der Waals surface area contributed by atoms with Crippen LogP contribution in [0.2, 0.25) is 0 Å². The lowest BCUT2D eigenvalue weighted by atomic mass is 10.1. The van der Waals surface area contributed by atoms with Gasteiger partial charge < -0.3 is 5.32 Å². The highest BCUT2D eigenvalue weighted by atomic mass is 79.9. The molecule has 0 bridgehead atoms. The summed E-state index contributed by atoms with van der Waals surface area (Å²) < 4.78 is 2.93. The molecule has 0 saturated carbocycles. The van der Waals surface area contributed by atoms with Crippen LogP contribution in [-0.2, 0) is 13.5 Å². The molecule has 0 amide bonds. The van der Waals surface area contributed by atoms with E-state index in [1.54, 1.807) is 0 Å². The summed E-state index contributed by atoms with van der Waals surface area (Å²) in [6, 6.07) is 6.37. The Kier molecular flexibility index (Phi) is 4.14. The van der Waals surface area contributed by atoms with Gasteiger partial charge >= 0.3 is 0 Å². The van der Waals surface area contributed by atoms with Crippen molar-refractivity contribution >= 4 is 15.9 Å². The summed E-state index contributed by atoms with van der Waals surface area (Å²) in [5.74, 6) is 0. The van der Waals surface area contributed by atoms with Gasteiger partial charge in [-0.2, -0.15) is 5.10 Å². The van der Waals surface area contributed by atoms with Crippen LogP contribution in [0.3, 0.4) is 0 Å². The fraction of sp³-hybridized carbons (Fsp3) is 0.385. The SMILES string of the molecule is CNC(Cc1cc(C)nn1C)c1ccc(Br)cn1. The third-order valence-electron chi connectivity index (χ3n) is 2.97. The van der Waals surface area contributed by atoms with E-state index in [2.05, 4.69) is 37.4 Å². The molecule has 5 heteroatoms. The average Bonchev–Trinajstić information content (AvgIpc) is 2.66. The van der Waals surface area contributed by atoms with Crippen LogP contribution in [0, 0.1) is 6.92 Å². The van der Waals surface area contributed by atoms with E-state index in [0.717, 1.165) is 22.3 Å². The van der Waals surface area contributed by atoms with E-state index in [1.807, 2.05) is 44.0 Å². The zero-order chi connectivity index (χ0) is 13.1. The Morgan fingerprint density at radius 3 is 2.72 bits per heavy atom. The van der Waals surface area contributed by atoms with Crippen molar-refractivity contribution in [2.45, 2.75) is 19.4 Å². The molecule has 0 fully saturated rings. The van der Waals surface area contributed by atoms with Crippen LogP contribution < -0.4 is 5.32 Å². The summed E-state index contributed by atoms with van der Waals surface area (Å²) in [4.78, 5) is 4.44. The molecule has 96 valence electrons. The molecule has 0 spiro atoms. The highest BCUT2D eigenvalue weighted by molar-refractivity contribution is 9.10. The van der Waals surface area contributed by atoms with E-state index >= 15 is 0 Å². The van der Waals surface area contributed by atoms with Gasteiger partial charge in [0, 0.05) is 29.8 Å². The molecule has 0 aliphatic rings. The van der Waals surface area contributed by atoms with Crippen LogP contribution in [-0.4, -0.2) is 21.8 Å². The van der Waals surface area contributed by atoms with Gasteiger partial charge in [-0.1, -0.05) is 0 Å². The summed E-state index contributed by atoms with van der Waals surface area (Å²) in [7, 11) is 3.93. The number of rotatable bonds is 4. The van der Waals surface area contributed by atoms with Crippen LogP contribution in [0.1, 0.15) is 23.1 Å². The van der Waals surface area contributed by atoms with Crippen molar-refractivity contribution in [2.75, 3.05) is 7.05 Å². The lowest BCUT2D eigenvalue weighted by Crippen LogP contribution is -2.21. The number of hydrogen-bond acceptors (Lipinski definition) is 3. The van der Waals surface area contributed by atoms with Gasteiger partial charge in [-0.15, -0.1) is 0 Å². The van der Waals surface area contributed by atoms with E-state index in [1.165, 1.54) is 5.69 Å². The second-order valence-corrected chi connectivity index (χ2v) is 5.26. The van der Waals surface area contributed by atoms with Gasteiger partial charge in [-0.05, 0) is 48.1 Å². The number of likely N-dealkylation sites (N-methyl/N-ethyl adjacent to an activating group) is 1. The minimum absolute atomic E-state index is 0.202. The second-order valence-electron chi connectivity index (χ2n) is 4.35. The van der Waals surface area contributed by atoms with Gasteiger partial charge in [-0.25, -0.2) is 0 Å². The zero-order valence-corrected chi connectivity index (χ0v) is 12.4. The van der Waals surface area contributed by atoms with Crippen LogP contribution in [0.4, 0.5) is 0 Å². The van der Waals surface area contributed by atoms with Crippen LogP contribution >= 0.6 is 15.9 Å². The molecule has 0 aliphatic carbocycles. The predicted octanol–water partition coefficient (Wildman–Crippen LogP) is 2.39. The molecule has 0 aliphatic heterocycles. The first-order chi connectivity index (χ1) is 8.60. The topological polar surface area (TPSA) is 42.7 Å². The standard InChI is InChI=1S/C13H17BrN4/c1-9-6-11(18(3)17-9)7-13(15-2)12-5-4-10(14)8-16-12/h4-6,8,13,15H,7H2,1-3H3. The maximum Gasteiger partial charge on any atom is 0.0596 e. The first kappa shape index (κ1) is 13.2. The van der Waals surface area contributed by atoms with Gasteiger partial charge in [-0.3, -0.25) is 9.67 Å². The van der Waals surface area contributed by atoms with Gasteiger partial charge in [0.25, 0.3) is 0 Å². The Balaban J connectivity index is 2.19. The molecule has 0 radical (unpaired) electrons. The highest BCUT2D eigenvalue weighted by Crippen LogP contribution is 2.18. The Morgan fingerprint density at radius 2 is 2.22 bits per heavy atom. The van der Waals surface area contributed by atoms with Crippen molar-refractivity contribution in [3.8, 4) is 0 Å². The molecule has 2 heterocycles. The molecule has 1 unspecified atom stereocenters. The lowest BCUT2D eigenvalue weighted by Gasteiger charge is -2.15. The van der Waals surface area contributed by atoms with Gasteiger partial charge in [0.2, 0.25) is 0 Å². The quantitative estimate of drug-likeness (QED) is 0.943. The zero-order valence-electron chi connectivity index (χ0n) is 10.8. The number of nitrogens with zero attached hydrogens (tertiary/aromatic N) is 3. The highest BCUT2D eigenvalue weighted by Gasteiger charge is 2.14. The minimum Gasteiger partial charge on any atom is -0.311 e. The normalized spacial score (nSPS) is 12.7. The van der Waals surface area contributed by atoms with Gasteiger partial charge in [0.15, 0.2) is 0 Å². The van der Waals surface area contributed by atoms with Crippen molar-refractivity contribution in [1.29, 1.82) is 0 Å². The van der Waals surface area contributed by atoms with Gasteiger partial charge in [0.1, 0.15) is 0 Å². The minimum atomic E-state index is 0.202. The van der Waals surface area contributed by atoms with Gasteiger partial charge in [0.05, 0.1) is 17.4 Å². The van der Waals surface area contributed by atoms with E-state index in [4.69, 9.17) is 0 Å². The molecule has 0 aromatic carbocycles. The Bertz CT molecular complexity index is 518. The van der Waals surface area contributed by atoms with Crippen molar-refractivity contribution in [2.24, 2.45) is 7.05 Å². The third-order valence-corrected chi connectivity index (χ3v) is 3.44. The fourth-order valence-electron chi connectivity index (χ4n) is 2.01. The summed E-state index contributed by atoms with van der Waals surface area (Å²) in [5.41, 5.74) is 3.29. The monoisotopic (exact) mass is 308 g/mol. The van der Waals surface area contributed by atoms with Crippen LogP contribution in [0.25, 0.3) is 0 Å². The number of hydrogen-bond donors (Lipinski definition) is 1. The average molecular weight is 309 g/mol. The molecule has 2 aromatic rings. The Morgan fingerprint density at radius 1 is 1.44 bits per heavy atom. The Hall–Kier alpha value is -1.20. The summed E-state index contributed by atoms with van der Waals surface area (Å²) in [6.45, 7) is 2.01. The number of halogens is 1. The first-order valence-corrected chi connectivity index (χ1v) is 6.67. The van der Waals surface area contributed by atoms with Crippen molar-refractivity contribution in [1.82, 2.24) is 20.1 Å². The van der Waals surface area contributed by atoms with E-state index < -0.39 is 0 Å². The molecule has 2 rings (SSSR count). The smallest absolute Gasteiger partial charge is 0.0596 e. The van der Waals surface area contributed by atoms with Crippen LogP contribution in [0.15, 0.2) is 28.9 Å². The Labute approximate surface area is 116 Å². The molecule has 4 nitrogen and oxygen atoms in total. The van der Waals surface area contributed by atoms with Crippen molar-refractivity contribution in [3.63, 3.8) is 0 Å². The van der Waals surface area contributed by atoms with E-state index in [0.29, 0.717) is 0 Å². The lowest BCUT2D eigenvalue weighted by molar-refractivity contribution is 0.548. The molecular formula is C13H17BrN4. The molecular weight excluding hydrogens is 292 g/mol.